The Morgan fingerprint density at radius 1 is 1.05 bits per heavy atom. The number of anilines is 1. The first-order chi connectivity index (χ1) is 9.38. The van der Waals surface area contributed by atoms with Crippen molar-refractivity contribution in [1.82, 2.24) is 0 Å². The van der Waals surface area contributed by atoms with Gasteiger partial charge < -0.3 is 20.5 Å². The molecule has 1 unspecified atom stereocenters. The second kappa shape index (κ2) is 8.23. The average molecular weight is 317 g/mol. The summed E-state index contributed by atoms with van der Waals surface area (Å²) in [6.45, 7) is 1.51. The summed E-state index contributed by atoms with van der Waals surface area (Å²) in [5, 5.41) is 2.50. The van der Waals surface area contributed by atoms with Crippen LogP contribution in [0.5, 0.6) is 0 Å². The topological polar surface area (TPSA) is 108 Å². The molecule has 1 rings (SSSR count). The summed E-state index contributed by atoms with van der Waals surface area (Å²) in [6.07, 6.45) is 0. The standard InChI is InChI=1S/C13H16N2O5.ClH/c1-7(14)11(16)15-10-5-8(12(17)19-2)4-9(6-10)13(18)20-3;/h4-7H,14H2,1-3H3,(H,15,16);1H. The minimum absolute atomic E-state index is 0. The first-order valence-electron chi connectivity index (χ1n) is 5.77. The molecule has 3 N–H and O–H groups in total. The Kier molecular flexibility index (Phi) is 7.40. The highest BCUT2D eigenvalue weighted by Gasteiger charge is 2.15. The van der Waals surface area contributed by atoms with Crippen LogP contribution in [0.1, 0.15) is 27.6 Å². The van der Waals surface area contributed by atoms with Gasteiger partial charge in [-0.3, -0.25) is 4.79 Å². The zero-order valence-corrected chi connectivity index (χ0v) is 12.7. The van der Waals surface area contributed by atoms with Crippen molar-refractivity contribution in [1.29, 1.82) is 0 Å². The van der Waals surface area contributed by atoms with Crippen molar-refractivity contribution in [3.8, 4) is 0 Å². The SMILES string of the molecule is COC(=O)c1cc(NC(=O)C(C)N)cc(C(=O)OC)c1.Cl. The summed E-state index contributed by atoms with van der Waals surface area (Å²) in [5.41, 5.74) is 5.94. The third kappa shape index (κ3) is 5.05. The first-order valence-corrected chi connectivity index (χ1v) is 5.77. The Morgan fingerprint density at radius 3 is 1.81 bits per heavy atom. The fourth-order valence-corrected chi connectivity index (χ4v) is 1.43. The summed E-state index contributed by atoms with van der Waals surface area (Å²) in [4.78, 5) is 34.6. The number of amides is 1. The van der Waals surface area contributed by atoms with Crippen LogP contribution in [-0.4, -0.2) is 38.1 Å². The lowest BCUT2D eigenvalue weighted by molar-refractivity contribution is -0.117. The molecule has 0 saturated carbocycles. The molecule has 0 aliphatic heterocycles. The van der Waals surface area contributed by atoms with E-state index in [0.717, 1.165) is 0 Å². The molecule has 1 amide bonds. The number of hydrogen-bond acceptors (Lipinski definition) is 6. The third-order valence-electron chi connectivity index (χ3n) is 2.46. The predicted octanol–water partition coefficient (Wildman–Crippen LogP) is 0.967. The molecule has 116 valence electrons. The van der Waals surface area contributed by atoms with Crippen LogP contribution in [0.15, 0.2) is 18.2 Å². The van der Waals surface area contributed by atoms with Gasteiger partial charge in [-0.15, -0.1) is 12.4 Å². The fraction of sp³-hybridized carbons (Fsp3) is 0.308. The summed E-state index contributed by atoms with van der Waals surface area (Å²) in [7, 11) is 2.43. The summed E-state index contributed by atoms with van der Waals surface area (Å²) in [5.74, 6) is -1.71. The van der Waals surface area contributed by atoms with Crippen LogP contribution in [0.4, 0.5) is 5.69 Å². The second-order valence-electron chi connectivity index (χ2n) is 4.06. The summed E-state index contributed by atoms with van der Waals surface area (Å²) in [6, 6.07) is 3.37. The molecule has 0 radical (unpaired) electrons. The van der Waals surface area contributed by atoms with Gasteiger partial charge in [0.25, 0.3) is 0 Å². The van der Waals surface area contributed by atoms with Crippen molar-refractivity contribution < 1.29 is 23.9 Å². The van der Waals surface area contributed by atoms with E-state index in [9.17, 15) is 14.4 Å². The van der Waals surface area contributed by atoms with E-state index < -0.39 is 23.9 Å². The molecule has 1 aromatic carbocycles. The maximum atomic E-state index is 11.5. The highest BCUT2D eigenvalue weighted by atomic mass is 35.5. The van der Waals surface area contributed by atoms with Gasteiger partial charge in [0.1, 0.15) is 0 Å². The van der Waals surface area contributed by atoms with Crippen molar-refractivity contribution in [2.24, 2.45) is 5.73 Å². The van der Waals surface area contributed by atoms with E-state index in [1.807, 2.05) is 0 Å². The summed E-state index contributed by atoms with van der Waals surface area (Å²) >= 11 is 0. The van der Waals surface area contributed by atoms with Crippen molar-refractivity contribution >= 4 is 35.9 Å². The number of carbonyl (C=O) groups is 3. The van der Waals surface area contributed by atoms with Crippen LogP contribution in [0.3, 0.4) is 0 Å². The Bertz CT molecular complexity index is 511. The molecular formula is C13H17ClN2O5. The Balaban J connectivity index is 0.00000400. The number of rotatable bonds is 4. The molecule has 8 heteroatoms. The number of benzene rings is 1. The van der Waals surface area contributed by atoms with E-state index in [4.69, 9.17) is 5.73 Å². The van der Waals surface area contributed by atoms with Crippen molar-refractivity contribution in [3.05, 3.63) is 29.3 Å². The normalized spacial score (nSPS) is 10.9. The Morgan fingerprint density at radius 2 is 1.48 bits per heavy atom. The van der Waals surface area contributed by atoms with E-state index in [2.05, 4.69) is 14.8 Å². The summed E-state index contributed by atoms with van der Waals surface area (Å²) < 4.78 is 9.17. The Labute approximate surface area is 128 Å². The molecule has 1 aromatic rings. The van der Waals surface area contributed by atoms with Gasteiger partial charge in [-0.05, 0) is 25.1 Å². The van der Waals surface area contributed by atoms with Crippen LogP contribution in [0.25, 0.3) is 0 Å². The van der Waals surface area contributed by atoms with Crippen LogP contribution in [0, 0.1) is 0 Å². The number of nitrogens with one attached hydrogen (secondary N) is 1. The van der Waals surface area contributed by atoms with Crippen LogP contribution in [-0.2, 0) is 14.3 Å². The van der Waals surface area contributed by atoms with Gasteiger partial charge in [0, 0.05) is 5.69 Å². The molecule has 0 aliphatic carbocycles. The maximum Gasteiger partial charge on any atom is 0.337 e. The number of hydrogen-bond donors (Lipinski definition) is 2. The van der Waals surface area contributed by atoms with E-state index in [1.165, 1.54) is 39.3 Å². The monoisotopic (exact) mass is 316 g/mol. The van der Waals surface area contributed by atoms with Gasteiger partial charge in [0.15, 0.2) is 0 Å². The highest BCUT2D eigenvalue weighted by molar-refractivity contribution is 6.00. The van der Waals surface area contributed by atoms with Gasteiger partial charge in [-0.2, -0.15) is 0 Å². The predicted molar refractivity (Wildman–Crippen MR) is 78.6 cm³/mol. The van der Waals surface area contributed by atoms with Crippen molar-refractivity contribution in [3.63, 3.8) is 0 Å². The fourth-order valence-electron chi connectivity index (χ4n) is 1.43. The molecule has 0 spiro atoms. The average Bonchev–Trinajstić information content (AvgIpc) is 2.44. The lowest BCUT2D eigenvalue weighted by atomic mass is 10.1. The number of nitrogens with two attached hydrogens (primary N) is 1. The largest absolute Gasteiger partial charge is 0.465 e. The number of methoxy groups -OCH3 is 2. The third-order valence-corrected chi connectivity index (χ3v) is 2.46. The van der Waals surface area contributed by atoms with Gasteiger partial charge in [-0.25, -0.2) is 9.59 Å². The van der Waals surface area contributed by atoms with E-state index in [0.29, 0.717) is 0 Å². The van der Waals surface area contributed by atoms with E-state index >= 15 is 0 Å². The molecule has 1 atom stereocenters. The van der Waals surface area contributed by atoms with Crippen molar-refractivity contribution in [2.75, 3.05) is 19.5 Å². The van der Waals surface area contributed by atoms with Gasteiger partial charge in [0.05, 0.1) is 31.4 Å². The smallest absolute Gasteiger partial charge is 0.337 e. The molecule has 0 heterocycles. The number of ether oxygens (including phenoxy) is 2. The van der Waals surface area contributed by atoms with E-state index in [-0.39, 0.29) is 29.2 Å². The quantitative estimate of drug-likeness (QED) is 0.801. The molecule has 0 aromatic heterocycles. The lowest BCUT2D eigenvalue weighted by Crippen LogP contribution is -2.32. The van der Waals surface area contributed by atoms with Gasteiger partial charge >= 0.3 is 11.9 Å². The van der Waals surface area contributed by atoms with Crippen molar-refractivity contribution in [2.45, 2.75) is 13.0 Å². The van der Waals surface area contributed by atoms with Gasteiger partial charge in [0.2, 0.25) is 5.91 Å². The minimum Gasteiger partial charge on any atom is -0.465 e. The second-order valence-corrected chi connectivity index (χ2v) is 4.06. The molecule has 0 aliphatic rings. The maximum absolute atomic E-state index is 11.5. The molecule has 21 heavy (non-hydrogen) atoms. The van der Waals surface area contributed by atoms with Crippen LogP contribution in [0.2, 0.25) is 0 Å². The molecule has 0 saturated heterocycles. The number of esters is 2. The number of carbonyl (C=O) groups excluding carboxylic acids is 3. The molecule has 0 bridgehead atoms. The highest BCUT2D eigenvalue weighted by Crippen LogP contribution is 2.17. The zero-order valence-electron chi connectivity index (χ0n) is 11.8. The molecule has 0 fully saturated rings. The van der Waals surface area contributed by atoms with Crippen LogP contribution >= 0.6 is 12.4 Å². The first kappa shape index (κ1) is 18.9. The van der Waals surface area contributed by atoms with Crippen LogP contribution < -0.4 is 11.1 Å². The zero-order chi connectivity index (χ0) is 15.3. The minimum atomic E-state index is -0.724. The van der Waals surface area contributed by atoms with Gasteiger partial charge in [-0.1, -0.05) is 0 Å². The Hall–Kier alpha value is -2.12. The van der Waals surface area contributed by atoms with E-state index in [1.54, 1.807) is 0 Å². The number of halogens is 1. The molecular weight excluding hydrogens is 300 g/mol. The molecule has 7 nitrogen and oxygen atoms in total. The lowest BCUT2D eigenvalue weighted by Gasteiger charge is -2.10.